The molecule has 1 fully saturated rings. The fourth-order valence-electron chi connectivity index (χ4n) is 1.83. The van der Waals surface area contributed by atoms with Crippen LogP contribution >= 0.6 is 0 Å². The van der Waals surface area contributed by atoms with Crippen LogP contribution in [0.25, 0.3) is 0 Å². The van der Waals surface area contributed by atoms with Gasteiger partial charge >= 0.3 is 0 Å². The van der Waals surface area contributed by atoms with Gasteiger partial charge in [0.15, 0.2) is 0 Å². The maximum absolute atomic E-state index is 10.2. The van der Waals surface area contributed by atoms with Crippen LogP contribution in [0.2, 0.25) is 5.31 Å². The quantitative estimate of drug-likeness (QED) is 0.527. The van der Waals surface area contributed by atoms with Crippen molar-refractivity contribution in [3.05, 3.63) is 0 Å². The normalized spacial score (nSPS) is 39.6. The Hall–Kier alpha value is -0.265. The van der Waals surface area contributed by atoms with Gasteiger partial charge in [0.25, 0.3) is 0 Å². The first-order valence-electron chi connectivity index (χ1n) is 4.04. The van der Waals surface area contributed by atoms with Crippen LogP contribution in [0.5, 0.6) is 0 Å². The average Bonchev–Trinajstić information content (AvgIpc) is 2.15. The highest BCUT2D eigenvalue weighted by molar-refractivity contribution is 6.69. The van der Waals surface area contributed by atoms with Crippen molar-refractivity contribution in [3.8, 4) is 0 Å². The zero-order valence-electron chi connectivity index (χ0n) is 6.81. The molecule has 1 radical (unpaired) electrons. The first-order valence-corrected chi connectivity index (χ1v) is 4.04. The minimum atomic E-state index is 0.280. The second-order valence-electron chi connectivity index (χ2n) is 3.77. The molecule has 0 aromatic carbocycles. The van der Waals surface area contributed by atoms with E-state index in [0.717, 1.165) is 0 Å². The van der Waals surface area contributed by atoms with E-state index in [1.807, 2.05) is 6.19 Å². The fraction of sp³-hybridized carbons (Fsp3) is 0.875. The van der Waals surface area contributed by atoms with E-state index in [4.69, 9.17) is 0 Å². The van der Waals surface area contributed by atoms with Crippen LogP contribution < -0.4 is 0 Å². The van der Waals surface area contributed by atoms with E-state index in [1.165, 1.54) is 19.3 Å². The van der Waals surface area contributed by atoms with Gasteiger partial charge in [-0.2, -0.15) is 0 Å². The van der Waals surface area contributed by atoms with E-state index < -0.39 is 0 Å². The Labute approximate surface area is 63.4 Å². The third kappa shape index (κ3) is 1.25. The molecule has 1 aliphatic rings. The van der Waals surface area contributed by atoms with Gasteiger partial charge in [-0.3, -0.25) is 0 Å². The molecule has 0 amide bonds. The molecular formula is C8H14BO. The molecule has 55 valence electrons. The molecule has 2 heteroatoms. The standard InChI is InChI=1S/C8H14BO/c1-7-4-3-5-8(7,2)9-6-10/h7,9H,3-5H2,1-2H3. The Morgan fingerprint density at radius 1 is 1.70 bits per heavy atom. The molecule has 1 rings (SSSR count). The van der Waals surface area contributed by atoms with Crippen molar-refractivity contribution < 1.29 is 4.79 Å². The lowest BCUT2D eigenvalue weighted by atomic mass is 9.50. The Morgan fingerprint density at radius 3 is 2.80 bits per heavy atom. The van der Waals surface area contributed by atoms with Crippen LogP contribution in [0.15, 0.2) is 0 Å². The van der Waals surface area contributed by atoms with Gasteiger partial charge in [-0.05, 0) is 11.2 Å². The highest BCUT2D eigenvalue weighted by Crippen LogP contribution is 2.47. The molecule has 0 N–H and O–H groups in total. The van der Waals surface area contributed by atoms with Gasteiger partial charge in [-0.25, -0.2) is 0 Å². The third-order valence-corrected chi connectivity index (χ3v) is 3.05. The van der Waals surface area contributed by atoms with E-state index in [0.29, 0.717) is 13.2 Å². The van der Waals surface area contributed by atoms with Crippen LogP contribution in [0.3, 0.4) is 0 Å². The van der Waals surface area contributed by atoms with Gasteiger partial charge in [0.05, 0.1) is 0 Å². The summed E-state index contributed by atoms with van der Waals surface area (Å²) in [6.45, 7) is 4.44. The van der Waals surface area contributed by atoms with E-state index in [1.54, 1.807) is 0 Å². The summed E-state index contributed by atoms with van der Waals surface area (Å²) in [5.41, 5.74) is 0. The van der Waals surface area contributed by atoms with E-state index in [2.05, 4.69) is 13.8 Å². The maximum atomic E-state index is 10.2. The first-order chi connectivity index (χ1) is 4.69. The second kappa shape index (κ2) is 2.77. The van der Waals surface area contributed by atoms with Gasteiger partial charge in [0.1, 0.15) is 6.19 Å². The number of hydrogen-bond donors (Lipinski definition) is 0. The summed E-state index contributed by atoms with van der Waals surface area (Å²) in [4.78, 5) is 10.2. The summed E-state index contributed by atoms with van der Waals surface area (Å²) in [7, 11) is 0.633. The summed E-state index contributed by atoms with van der Waals surface area (Å²) in [5, 5.41) is 0.280. The molecule has 0 aliphatic heterocycles. The molecule has 0 saturated heterocycles. The minimum Gasteiger partial charge on any atom is -0.304 e. The Morgan fingerprint density at radius 2 is 2.40 bits per heavy atom. The fourth-order valence-corrected chi connectivity index (χ4v) is 1.83. The first kappa shape index (κ1) is 7.84. The highest BCUT2D eigenvalue weighted by atomic mass is 16.1. The summed E-state index contributed by atoms with van der Waals surface area (Å²) in [5.74, 6) is 0.717. The molecular weight excluding hydrogens is 123 g/mol. The van der Waals surface area contributed by atoms with Crippen molar-refractivity contribution in [2.24, 2.45) is 5.92 Å². The lowest BCUT2D eigenvalue weighted by Gasteiger charge is -2.25. The van der Waals surface area contributed by atoms with Crippen LogP contribution in [0.4, 0.5) is 0 Å². The Balaban J connectivity index is 2.56. The molecule has 1 aliphatic carbocycles. The zero-order chi connectivity index (χ0) is 7.61. The van der Waals surface area contributed by atoms with Crippen molar-refractivity contribution >= 4 is 13.5 Å². The smallest absolute Gasteiger partial charge is 0.221 e. The summed E-state index contributed by atoms with van der Waals surface area (Å²) < 4.78 is 0. The van der Waals surface area contributed by atoms with E-state index in [9.17, 15) is 4.79 Å². The van der Waals surface area contributed by atoms with E-state index >= 15 is 0 Å². The minimum absolute atomic E-state index is 0.280. The monoisotopic (exact) mass is 137 g/mol. The molecule has 2 atom stereocenters. The van der Waals surface area contributed by atoms with Crippen molar-refractivity contribution in [2.75, 3.05) is 0 Å². The third-order valence-electron chi connectivity index (χ3n) is 3.05. The van der Waals surface area contributed by atoms with Crippen LogP contribution in [-0.2, 0) is 4.79 Å². The Bertz CT molecular complexity index is 135. The van der Waals surface area contributed by atoms with Gasteiger partial charge in [-0.15, -0.1) is 0 Å². The molecule has 0 bridgehead atoms. The maximum Gasteiger partial charge on any atom is 0.221 e. The molecule has 10 heavy (non-hydrogen) atoms. The predicted molar refractivity (Wildman–Crippen MR) is 44.2 cm³/mol. The number of rotatable bonds is 2. The molecule has 0 aromatic rings. The summed E-state index contributed by atoms with van der Waals surface area (Å²) in [6.07, 6.45) is 5.82. The lowest BCUT2D eigenvalue weighted by Crippen LogP contribution is -2.20. The topological polar surface area (TPSA) is 17.1 Å². The van der Waals surface area contributed by atoms with Crippen LogP contribution in [0, 0.1) is 5.92 Å². The average molecular weight is 137 g/mol. The van der Waals surface area contributed by atoms with Gasteiger partial charge in [0, 0.05) is 0 Å². The summed E-state index contributed by atoms with van der Waals surface area (Å²) in [6, 6.07) is 0. The van der Waals surface area contributed by atoms with Crippen molar-refractivity contribution in [3.63, 3.8) is 0 Å². The van der Waals surface area contributed by atoms with Gasteiger partial charge < -0.3 is 4.79 Å². The van der Waals surface area contributed by atoms with Crippen molar-refractivity contribution in [1.29, 1.82) is 0 Å². The lowest BCUT2D eigenvalue weighted by molar-refractivity contribution is 0.475. The molecule has 0 heterocycles. The second-order valence-corrected chi connectivity index (χ2v) is 3.77. The van der Waals surface area contributed by atoms with Crippen LogP contribution in [-0.4, -0.2) is 13.5 Å². The molecule has 0 aromatic heterocycles. The van der Waals surface area contributed by atoms with E-state index in [-0.39, 0.29) is 5.31 Å². The largest absolute Gasteiger partial charge is 0.304 e. The molecule has 2 unspecified atom stereocenters. The Kier molecular flexibility index (Phi) is 2.17. The highest BCUT2D eigenvalue weighted by Gasteiger charge is 2.36. The van der Waals surface area contributed by atoms with Crippen LogP contribution in [0.1, 0.15) is 33.1 Å². The SMILES string of the molecule is CC1CCCC1(C)B[C]=O. The molecule has 0 spiro atoms. The summed E-state index contributed by atoms with van der Waals surface area (Å²) >= 11 is 0. The van der Waals surface area contributed by atoms with Gasteiger partial charge in [0.2, 0.25) is 7.28 Å². The van der Waals surface area contributed by atoms with Gasteiger partial charge in [-0.1, -0.05) is 33.1 Å². The molecule has 1 saturated carbocycles. The van der Waals surface area contributed by atoms with Crippen molar-refractivity contribution in [1.82, 2.24) is 0 Å². The zero-order valence-corrected chi connectivity index (χ0v) is 6.81. The predicted octanol–water partition coefficient (Wildman–Crippen LogP) is 1.49. The number of hydrogen-bond acceptors (Lipinski definition) is 1. The van der Waals surface area contributed by atoms with Crippen molar-refractivity contribution in [2.45, 2.75) is 38.4 Å². The number of carbonyl (C=O) groups excluding carboxylic acids is 1. The molecule has 1 nitrogen and oxygen atoms in total.